The molecule has 1 N–H and O–H groups in total. The van der Waals surface area contributed by atoms with Gasteiger partial charge in [0.25, 0.3) is 0 Å². The van der Waals surface area contributed by atoms with Crippen LogP contribution in [-0.2, 0) is 28.6 Å². The third kappa shape index (κ3) is 33.2. The summed E-state index contributed by atoms with van der Waals surface area (Å²) in [5.41, 5.74) is 0. The second kappa shape index (κ2) is 34.6. The van der Waals surface area contributed by atoms with Gasteiger partial charge in [-0.2, -0.15) is 0 Å². The van der Waals surface area contributed by atoms with Crippen molar-refractivity contribution in [3.05, 3.63) is 36.5 Å². The van der Waals surface area contributed by atoms with Crippen molar-refractivity contribution in [2.45, 2.75) is 180 Å². The lowest BCUT2D eigenvalue weighted by Gasteiger charge is -2.31. The molecule has 0 fully saturated rings. The van der Waals surface area contributed by atoms with Crippen LogP contribution in [0.1, 0.15) is 168 Å². The van der Waals surface area contributed by atoms with Crippen molar-refractivity contribution < 1.29 is 38.2 Å². The Balaban J connectivity index is 4.42. The van der Waals surface area contributed by atoms with Crippen molar-refractivity contribution in [2.75, 3.05) is 41.0 Å². The number of aliphatic carboxylic acids is 1. The molecule has 0 aromatic heterocycles. The molecule has 0 rings (SSSR count). The van der Waals surface area contributed by atoms with Crippen LogP contribution in [0.25, 0.3) is 0 Å². The summed E-state index contributed by atoms with van der Waals surface area (Å²) in [7, 11) is 5.51. The van der Waals surface area contributed by atoms with Gasteiger partial charge in [-0.15, -0.1) is 0 Å². The SMILES string of the molecule is CCCC/C=C/CCCCCCCC(=O)OC(COCCC(C(=O)O)[N+](C)(C)C)COC(=O)CCCCC/C=C/C=C/CCCCCCCCC. The van der Waals surface area contributed by atoms with Crippen LogP contribution in [-0.4, -0.2) is 80.6 Å². The first-order valence-corrected chi connectivity index (χ1v) is 20.5. The average molecular weight is 721 g/mol. The minimum atomic E-state index is -0.881. The molecule has 2 unspecified atom stereocenters. The molecule has 0 aromatic carbocycles. The zero-order valence-corrected chi connectivity index (χ0v) is 33.6. The fraction of sp³-hybridized carbons (Fsp3) is 0.791. The van der Waals surface area contributed by atoms with Crippen LogP contribution in [0.4, 0.5) is 0 Å². The van der Waals surface area contributed by atoms with E-state index < -0.39 is 18.1 Å². The number of hydrogen-bond donors (Lipinski definition) is 1. The first-order valence-electron chi connectivity index (χ1n) is 20.5. The fourth-order valence-corrected chi connectivity index (χ4v) is 5.77. The summed E-state index contributed by atoms with van der Waals surface area (Å²) >= 11 is 0. The van der Waals surface area contributed by atoms with Gasteiger partial charge < -0.3 is 23.8 Å². The van der Waals surface area contributed by atoms with Gasteiger partial charge in [-0.05, 0) is 57.8 Å². The topological polar surface area (TPSA) is 99.1 Å². The number of carbonyl (C=O) groups is 3. The molecule has 0 heterocycles. The molecule has 0 radical (unpaired) electrons. The molecule has 8 nitrogen and oxygen atoms in total. The van der Waals surface area contributed by atoms with E-state index in [9.17, 15) is 19.5 Å². The largest absolute Gasteiger partial charge is 0.477 e. The third-order valence-electron chi connectivity index (χ3n) is 9.04. The number of allylic oxidation sites excluding steroid dienone is 6. The predicted molar refractivity (Wildman–Crippen MR) is 211 cm³/mol. The van der Waals surface area contributed by atoms with Gasteiger partial charge in [0.1, 0.15) is 6.61 Å². The number of ether oxygens (including phenoxy) is 3. The normalized spacial score (nSPS) is 13.4. The van der Waals surface area contributed by atoms with Crippen molar-refractivity contribution in [3.63, 3.8) is 0 Å². The number of nitrogens with zero attached hydrogens (tertiary/aromatic N) is 1. The first-order chi connectivity index (χ1) is 24.6. The van der Waals surface area contributed by atoms with Gasteiger partial charge in [-0.25, -0.2) is 4.79 Å². The third-order valence-corrected chi connectivity index (χ3v) is 9.04. The summed E-state index contributed by atoms with van der Waals surface area (Å²) < 4.78 is 17.2. The highest BCUT2D eigenvalue weighted by molar-refractivity contribution is 5.72. The number of unbranched alkanes of at least 4 members (excludes halogenated alkanes) is 17. The van der Waals surface area contributed by atoms with E-state index in [4.69, 9.17) is 14.2 Å². The van der Waals surface area contributed by atoms with Gasteiger partial charge in [0.05, 0.1) is 34.4 Å². The maximum atomic E-state index is 12.6. The molecule has 296 valence electrons. The van der Waals surface area contributed by atoms with E-state index in [1.165, 1.54) is 70.6 Å². The maximum absolute atomic E-state index is 12.6. The first kappa shape index (κ1) is 48.5. The van der Waals surface area contributed by atoms with Crippen LogP contribution >= 0.6 is 0 Å². The number of carboxylic acids is 1. The fourth-order valence-electron chi connectivity index (χ4n) is 5.77. The Hall–Kier alpha value is -2.45. The number of hydrogen-bond acceptors (Lipinski definition) is 6. The molecule has 0 spiro atoms. The van der Waals surface area contributed by atoms with Crippen molar-refractivity contribution in [3.8, 4) is 0 Å². The summed E-state index contributed by atoms with van der Waals surface area (Å²) in [5, 5.41) is 9.59. The molecule has 2 atom stereocenters. The van der Waals surface area contributed by atoms with Gasteiger partial charge in [-0.3, -0.25) is 9.59 Å². The predicted octanol–water partition coefficient (Wildman–Crippen LogP) is 10.7. The van der Waals surface area contributed by atoms with E-state index in [-0.39, 0.29) is 36.2 Å². The number of carboxylic acid groups (broad SMARTS) is 1. The zero-order chi connectivity index (χ0) is 37.8. The molecule has 0 aliphatic heterocycles. The number of rotatable bonds is 36. The summed E-state index contributed by atoms with van der Waals surface area (Å²) in [6.45, 7) is 4.64. The number of carbonyl (C=O) groups excluding carboxylic acids is 2. The Morgan fingerprint density at radius 1 is 0.588 bits per heavy atom. The van der Waals surface area contributed by atoms with Crippen LogP contribution in [0.2, 0.25) is 0 Å². The van der Waals surface area contributed by atoms with Gasteiger partial charge in [0.2, 0.25) is 0 Å². The summed E-state index contributed by atoms with van der Waals surface area (Å²) in [4.78, 5) is 36.8. The lowest BCUT2D eigenvalue weighted by atomic mass is 10.1. The lowest BCUT2D eigenvalue weighted by molar-refractivity contribution is -0.887. The summed E-state index contributed by atoms with van der Waals surface area (Å²) in [5.74, 6) is -1.52. The van der Waals surface area contributed by atoms with E-state index in [0.29, 0.717) is 19.3 Å². The second-order valence-corrected chi connectivity index (χ2v) is 14.9. The van der Waals surface area contributed by atoms with E-state index in [1.54, 1.807) is 0 Å². The molecule has 0 aliphatic carbocycles. The number of likely N-dealkylation sites (N-methyl/N-ethyl adjacent to an activating group) is 1. The van der Waals surface area contributed by atoms with Crippen molar-refractivity contribution in [2.24, 2.45) is 0 Å². The summed E-state index contributed by atoms with van der Waals surface area (Å²) in [6, 6.07) is -0.618. The van der Waals surface area contributed by atoms with Crippen molar-refractivity contribution >= 4 is 17.9 Å². The van der Waals surface area contributed by atoms with Gasteiger partial charge in [-0.1, -0.05) is 127 Å². The van der Waals surface area contributed by atoms with Gasteiger partial charge in [0.15, 0.2) is 12.1 Å². The lowest BCUT2D eigenvalue weighted by Crippen LogP contribution is -2.50. The molecule has 0 amide bonds. The van der Waals surface area contributed by atoms with Gasteiger partial charge >= 0.3 is 17.9 Å². The molecule has 0 aromatic rings. The molecule has 8 heteroatoms. The Labute approximate surface area is 313 Å². The molecule has 0 bridgehead atoms. The zero-order valence-electron chi connectivity index (χ0n) is 33.6. The van der Waals surface area contributed by atoms with Crippen LogP contribution in [0.15, 0.2) is 36.5 Å². The second-order valence-electron chi connectivity index (χ2n) is 14.9. The molecular formula is C43H78NO7+. The van der Waals surface area contributed by atoms with Gasteiger partial charge in [0, 0.05) is 19.3 Å². The Morgan fingerprint density at radius 2 is 1.06 bits per heavy atom. The quantitative estimate of drug-likeness (QED) is 0.0226. The Bertz CT molecular complexity index is 937. The molecule has 0 saturated heterocycles. The Morgan fingerprint density at radius 3 is 1.61 bits per heavy atom. The summed E-state index contributed by atoms with van der Waals surface area (Å²) in [6.07, 6.45) is 37.6. The number of quaternary nitrogens is 1. The number of esters is 2. The molecule has 0 aliphatic rings. The van der Waals surface area contributed by atoms with Crippen LogP contribution < -0.4 is 0 Å². The van der Waals surface area contributed by atoms with Crippen molar-refractivity contribution in [1.82, 2.24) is 0 Å². The minimum absolute atomic E-state index is 0.0497. The standard InChI is InChI=1S/C43H77NO7/c1-6-8-10-12-14-16-18-19-20-21-22-24-25-27-29-31-33-41(45)50-38-39(37-49-36-35-40(43(47)48)44(3,4)5)51-42(46)34-32-30-28-26-23-17-15-13-11-9-7-2/h13,15,20-22,24,39-40H,6-12,14,16-19,23,25-38H2,1-5H3/p+1/b15-13+,21-20+,24-22+. The average Bonchev–Trinajstić information content (AvgIpc) is 3.08. The van der Waals surface area contributed by atoms with E-state index in [0.717, 1.165) is 64.2 Å². The van der Waals surface area contributed by atoms with Crippen LogP contribution in [0, 0.1) is 0 Å². The highest BCUT2D eigenvalue weighted by atomic mass is 16.6. The van der Waals surface area contributed by atoms with Crippen molar-refractivity contribution in [1.29, 1.82) is 0 Å². The van der Waals surface area contributed by atoms with Crippen LogP contribution in [0.3, 0.4) is 0 Å². The highest BCUT2D eigenvalue weighted by Crippen LogP contribution is 2.13. The minimum Gasteiger partial charge on any atom is -0.477 e. The maximum Gasteiger partial charge on any atom is 0.362 e. The molecular weight excluding hydrogens is 642 g/mol. The van der Waals surface area contributed by atoms with E-state index in [1.807, 2.05) is 21.1 Å². The van der Waals surface area contributed by atoms with E-state index in [2.05, 4.69) is 50.3 Å². The molecule has 51 heavy (non-hydrogen) atoms. The Kier molecular flexibility index (Phi) is 33.0. The van der Waals surface area contributed by atoms with Crippen LogP contribution in [0.5, 0.6) is 0 Å². The monoisotopic (exact) mass is 721 g/mol. The highest BCUT2D eigenvalue weighted by Gasteiger charge is 2.31. The molecule has 0 saturated carbocycles. The van der Waals surface area contributed by atoms with E-state index >= 15 is 0 Å². The smallest absolute Gasteiger partial charge is 0.362 e.